The van der Waals surface area contributed by atoms with Crippen molar-refractivity contribution in [3.63, 3.8) is 0 Å². The third kappa shape index (κ3) is 6.95. The second kappa shape index (κ2) is 12.2. The summed E-state index contributed by atoms with van der Waals surface area (Å²) < 4.78 is 8.78. The molecule has 0 N–H and O–H groups in total. The van der Waals surface area contributed by atoms with Crippen LogP contribution in [0.25, 0.3) is 0 Å². The third-order valence-corrected chi connectivity index (χ3v) is 6.72. The highest BCUT2D eigenvalue weighted by molar-refractivity contribution is 9.10. The van der Waals surface area contributed by atoms with E-state index >= 15 is 0 Å². The molecule has 0 aliphatic rings. The molecular weight excluding hydrogens is 532 g/mol. The van der Waals surface area contributed by atoms with Crippen LogP contribution in [-0.2, 0) is 18.8 Å². The molecule has 0 amide bonds. The molecule has 0 spiro atoms. The molecule has 34 heavy (non-hydrogen) atoms. The van der Waals surface area contributed by atoms with Gasteiger partial charge in [-0.15, -0.1) is 10.2 Å². The number of hydrogen-bond acceptors (Lipinski definition) is 5. The third-order valence-electron chi connectivity index (χ3n) is 4.95. The zero-order valence-corrected chi connectivity index (χ0v) is 21.9. The summed E-state index contributed by atoms with van der Waals surface area (Å²) in [5.74, 6) is 2.46. The fourth-order valence-electron chi connectivity index (χ4n) is 3.13. The van der Waals surface area contributed by atoms with Crippen molar-refractivity contribution in [2.24, 2.45) is 5.10 Å². The number of benzene rings is 3. The molecule has 8 heteroatoms. The molecule has 4 rings (SSSR count). The molecule has 0 saturated heterocycles. The Kier molecular flexibility index (Phi) is 8.79. The predicted molar refractivity (Wildman–Crippen MR) is 143 cm³/mol. The molecule has 0 fully saturated rings. The number of aryl methyl sites for hydroxylation is 1. The number of rotatable bonds is 10. The van der Waals surface area contributed by atoms with Crippen LogP contribution in [-0.4, -0.2) is 21.1 Å². The van der Waals surface area contributed by atoms with E-state index in [1.54, 1.807) is 11.8 Å². The second-order valence-electron chi connectivity index (χ2n) is 7.60. The van der Waals surface area contributed by atoms with Gasteiger partial charge < -0.3 is 4.74 Å². The van der Waals surface area contributed by atoms with Crippen molar-refractivity contribution in [1.82, 2.24) is 14.9 Å². The number of hydrogen-bond donors (Lipinski definition) is 0. The summed E-state index contributed by atoms with van der Waals surface area (Å²) in [5, 5.41) is 14.9. The number of halogens is 2. The molecule has 3 aromatic carbocycles. The second-order valence-corrected chi connectivity index (χ2v) is 9.90. The fourth-order valence-corrected chi connectivity index (χ4v) is 4.38. The molecule has 0 atom stereocenters. The van der Waals surface area contributed by atoms with Gasteiger partial charge in [-0.05, 0) is 71.6 Å². The van der Waals surface area contributed by atoms with Gasteiger partial charge in [-0.2, -0.15) is 9.78 Å². The van der Waals surface area contributed by atoms with Crippen LogP contribution in [0.3, 0.4) is 0 Å². The van der Waals surface area contributed by atoms with E-state index in [1.165, 1.54) is 5.56 Å². The Morgan fingerprint density at radius 3 is 2.38 bits per heavy atom. The van der Waals surface area contributed by atoms with Crippen molar-refractivity contribution in [3.05, 3.63) is 105 Å². The standard InChI is InChI=1S/C26H24BrClN4OS/c1-2-3-25-30-31-26(34-18-21-4-10-22(27)11-5-21)32(25)29-16-19-8-14-24(15-9-19)33-17-20-6-12-23(28)13-7-20/h4-16H,2-3,17-18H2,1H3/b29-16+. The summed E-state index contributed by atoms with van der Waals surface area (Å²) >= 11 is 11.0. The number of aromatic nitrogens is 3. The van der Waals surface area contributed by atoms with Crippen LogP contribution >= 0.6 is 39.3 Å². The Hall–Kier alpha value is -2.61. The Morgan fingerprint density at radius 1 is 0.971 bits per heavy atom. The first-order valence-corrected chi connectivity index (χ1v) is 13.1. The van der Waals surface area contributed by atoms with Crippen LogP contribution in [0.5, 0.6) is 5.75 Å². The molecule has 1 heterocycles. The monoisotopic (exact) mass is 554 g/mol. The van der Waals surface area contributed by atoms with Crippen LogP contribution in [0, 0.1) is 0 Å². The van der Waals surface area contributed by atoms with E-state index in [9.17, 15) is 0 Å². The minimum atomic E-state index is 0.491. The van der Waals surface area contributed by atoms with Gasteiger partial charge in [0, 0.05) is 21.7 Å². The van der Waals surface area contributed by atoms with Crippen molar-refractivity contribution in [1.29, 1.82) is 0 Å². The van der Waals surface area contributed by atoms with Gasteiger partial charge in [-0.25, -0.2) is 0 Å². The molecule has 0 bridgehead atoms. The summed E-state index contributed by atoms with van der Waals surface area (Å²) in [6.07, 6.45) is 3.63. The quantitative estimate of drug-likeness (QED) is 0.151. The Labute approximate surface area is 217 Å². The first kappa shape index (κ1) is 24.5. The molecule has 1 aromatic heterocycles. The van der Waals surface area contributed by atoms with E-state index in [-0.39, 0.29) is 0 Å². The smallest absolute Gasteiger partial charge is 0.212 e. The predicted octanol–water partition coefficient (Wildman–Crippen LogP) is 7.40. The lowest BCUT2D eigenvalue weighted by Crippen LogP contribution is -2.00. The zero-order chi connectivity index (χ0) is 23.8. The van der Waals surface area contributed by atoms with E-state index in [0.717, 1.165) is 55.9 Å². The lowest BCUT2D eigenvalue weighted by molar-refractivity contribution is 0.306. The average molecular weight is 556 g/mol. The summed E-state index contributed by atoms with van der Waals surface area (Å²) in [7, 11) is 0. The van der Waals surface area contributed by atoms with Crippen LogP contribution in [0.2, 0.25) is 5.02 Å². The minimum Gasteiger partial charge on any atom is -0.489 e. The molecule has 0 aliphatic carbocycles. The van der Waals surface area contributed by atoms with Gasteiger partial charge in [0.25, 0.3) is 0 Å². The molecule has 0 radical (unpaired) electrons. The van der Waals surface area contributed by atoms with Gasteiger partial charge in [-0.3, -0.25) is 0 Å². The van der Waals surface area contributed by atoms with Gasteiger partial charge >= 0.3 is 0 Å². The zero-order valence-electron chi connectivity index (χ0n) is 18.7. The van der Waals surface area contributed by atoms with E-state index in [1.807, 2.05) is 71.6 Å². The SMILES string of the molecule is CCCc1nnc(SCc2ccc(Br)cc2)n1/N=C/c1ccc(OCc2ccc(Cl)cc2)cc1. The van der Waals surface area contributed by atoms with Gasteiger partial charge in [0.2, 0.25) is 5.16 Å². The maximum Gasteiger partial charge on any atom is 0.212 e. The number of thioether (sulfide) groups is 1. The lowest BCUT2D eigenvalue weighted by atomic mass is 10.2. The van der Waals surface area contributed by atoms with Crippen molar-refractivity contribution in [2.45, 2.75) is 37.3 Å². The average Bonchev–Trinajstić information content (AvgIpc) is 3.24. The fraction of sp³-hybridized carbons (Fsp3) is 0.192. The summed E-state index contributed by atoms with van der Waals surface area (Å²) in [4.78, 5) is 0. The van der Waals surface area contributed by atoms with Gasteiger partial charge in [-0.1, -0.05) is 70.5 Å². The van der Waals surface area contributed by atoms with Gasteiger partial charge in [0.05, 0.1) is 6.21 Å². The molecular formula is C26H24BrClN4OS. The first-order chi connectivity index (χ1) is 16.6. The van der Waals surface area contributed by atoms with E-state index < -0.39 is 0 Å². The van der Waals surface area contributed by atoms with Crippen LogP contribution in [0.15, 0.2) is 87.5 Å². The van der Waals surface area contributed by atoms with Crippen LogP contribution in [0.4, 0.5) is 0 Å². The maximum atomic E-state index is 5.94. The summed E-state index contributed by atoms with van der Waals surface area (Å²) in [5.41, 5.74) is 3.26. The van der Waals surface area contributed by atoms with Gasteiger partial charge in [0.1, 0.15) is 12.4 Å². The molecule has 4 aromatic rings. The molecule has 5 nitrogen and oxygen atoms in total. The Balaban J connectivity index is 1.41. The summed E-state index contributed by atoms with van der Waals surface area (Å²) in [6.45, 7) is 2.62. The highest BCUT2D eigenvalue weighted by atomic mass is 79.9. The van der Waals surface area contributed by atoms with E-state index in [0.29, 0.717) is 6.61 Å². The van der Waals surface area contributed by atoms with Crippen molar-refractivity contribution < 1.29 is 4.74 Å². The Morgan fingerprint density at radius 2 is 1.68 bits per heavy atom. The van der Waals surface area contributed by atoms with Crippen molar-refractivity contribution in [2.75, 3.05) is 0 Å². The van der Waals surface area contributed by atoms with Crippen molar-refractivity contribution >= 4 is 45.5 Å². The lowest BCUT2D eigenvalue weighted by Gasteiger charge is -2.07. The molecule has 0 saturated carbocycles. The van der Waals surface area contributed by atoms with E-state index in [2.05, 4.69) is 45.2 Å². The van der Waals surface area contributed by atoms with Crippen molar-refractivity contribution in [3.8, 4) is 5.75 Å². The number of nitrogens with zero attached hydrogens (tertiary/aromatic N) is 4. The molecule has 174 valence electrons. The highest BCUT2D eigenvalue weighted by Crippen LogP contribution is 2.23. The van der Waals surface area contributed by atoms with Crippen LogP contribution < -0.4 is 4.74 Å². The summed E-state index contributed by atoms with van der Waals surface area (Å²) in [6, 6.07) is 23.8. The largest absolute Gasteiger partial charge is 0.489 e. The number of ether oxygens (including phenoxy) is 1. The molecule has 0 aliphatic heterocycles. The van der Waals surface area contributed by atoms with E-state index in [4.69, 9.17) is 21.4 Å². The topological polar surface area (TPSA) is 52.3 Å². The molecule has 0 unspecified atom stereocenters. The Bertz CT molecular complexity index is 1230. The highest BCUT2D eigenvalue weighted by Gasteiger charge is 2.11. The van der Waals surface area contributed by atoms with Gasteiger partial charge in [0.15, 0.2) is 5.82 Å². The first-order valence-electron chi connectivity index (χ1n) is 10.9. The maximum absolute atomic E-state index is 5.94. The normalized spacial score (nSPS) is 11.3. The van der Waals surface area contributed by atoms with Crippen LogP contribution in [0.1, 0.15) is 35.9 Å². The minimum absolute atomic E-state index is 0.491.